The summed E-state index contributed by atoms with van der Waals surface area (Å²) in [6, 6.07) is 14.1. The molecule has 7 heteroatoms. The number of rotatable bonds is 6. The van der Waals surface area contributed by atoms with E-state index in [-0.39, 0.29) is 5.56 Å². The number of anilines is 1. The van der Waals surface area contributed by atoms with Gasteiger partial charge in [0.2, 0.25) is 0 Å². The summed E-state index contributed by atoms with van der Waals surface area (Å²) in [5.41, 5.74) is 2.36. The fourth-order valence-corrected chi connectivity index (χ4v) is 4.57. The lowest BCUT2D eigenvalue weighted by Crippen LogP contribution is -2.22. The molecule has 170 valence electrons. The fraction of sp³-hybridized carbons (Fsp3) is 0.308. The first-order valence-corrected chi connectivity index (χ1v) is 11.3. The first-order valence-electron chi connectivity index (χ1n) is 11.3. The van der Waals surface area contributed by atoms with Crippen LogP contribution in [0.3, 0.4) is 0 Å². The van der Waals surface area contributed by atoms with Crippen LogP contribution in [0.15, 0.2) is 54.7 Å². The molecule has 5 nitrogen and oxygen atoms in total. The van der Waals surface area contributed by atoms with Crippen LogP contribution in [0, 0.1) is 11.6 Å². The maximum atomic E-state index is 14.8. The molecule has 0 spiro atoms. The van der Waals surface area contributed by atoms with Crippen molar-refractivity contribution in [3.63, 3.8) is 0 Å². The van der Waals surface area contributed by atoms with Crippen LogP contribution in [0.1, 0.15) is 37.7 Å². The molecule has 0 aliphatic heterocycles. The van der Waals surface area contributed by atoms with Gasteiger partial charge in [0, 0.05) is 17.8 Å². The van der Waals surface area contributed by atoms with E-state index in [2.05, 4.69) is 10.3 Å². The molecule has 0 amide bonds. The second-order valence-electron chi connectivity index (χ2n) is 8.49. The summed E-state index contributed by atoms with van der Waals surface area (Å²) in [6.07, 6.45) is 7.48. The Morgan fingerprint density at radius 3 is 2.58 bits per heavy atom. The van der Waals surface area contributed by atoms with Crippen molar-refractivity contribution in [2.75, 3.05) is 12.4 Å². The van der Waals surface area contributed by atoms with Crippen LogP contribution in [-0.2, 0) is 6.54 Å². The highest BCUT2D eigenvalue weighted by Crippen LogP contribution is 2.36. The first-order chi connectivity index (χ1) is 16.1. The second kappa shape index (κ2) is 9.17. The van der Waals surface area contributed by atoms with Crippen LogP contribution in [0.4, 0.5) is 14.6 Å². The van der Waals surface area contributed by atoms with Crippen LogP contribution in [0.25, 0.3) is 22.2 Å². The molecule has 1 aliphatic rings. The highest BCUT2D eigenvalue weighted by atomic mass is 19.2. The molecule has 2 aromatic heterocycles. The third-order valence-electron chi connectivity index (χ3n) is 6.31. The Hall–Kier alpha value is -3.48. The highest BCUT2D eigenvalue weighted by Gasteiger charge is 2.23. The van der Waals surface area contributed by atoms with Crippen LogP contribution in [0.5, 0.6) is 5.75 Å². The SMILES string of the molecule is COc1ccc(Cn2nc(-c3cccc(F)c3F)c3c(NC4CCCCC4)nccc32)cc1. The quantitative estimate of drug-likeness (QED) is 0.383. The number of hydrogen-bond donors (Lipinski definition) is 1. The van der Waals surface area contributed by atoms with Crippen molar-refractivity contribution in [1.29, 1.82) is 0 Å². The van der Waals surface area contributed by atoms with E-state index in [1.807, 2.05) is 35.0 Å². The normalized spacial score (nSPS) is 14.5. The molecule has 1 saturated carbocycles. The fourth-order valence-electron chi connectivity index (χ4n) is 4.57. The molecule has 5 rings (SSSR count). The van der Waals surface area contributed by atoms with E-state index in [0.717, 1.165) is 35.7 Å². The van der Waals surface area contributed by atoms with Gasteiger partial charge in [-0.3, -0.25) is 4.68 Å². The Bertz CT molecular complexity index is 1260. The summed E-state index contributed by atoms with van der Waals surface area (Å²) < 4.78 is 36.0. The lowest BCUT2D eigenvalue weighted by molar-refractivity contribution is 0.414. The maximum absolute atomic E-state index is 14.8. The molecule has 0 unspecified atom stereocenters. The van der Waals surface area contributed by atoms with E-state index in [1.54, 1.807) is 19.4 Å². The average molecular weight is 449 g/mol. The summed E-state index contributed by atoms with van der Waals surface area (Å²) in [4.78, 5) is 4.59. The molecule has 0 radical (unpaired) electrons. The number of fused-ring (bicyclic) bond motifs is 1. The zero-order valence-corrected chi connectivity index (χ0v) is 18.5. The molecule has 33 heavy (non-hydrogen) atoms. The monoisotopic (exact) mass is 448 g/mol. The first kappa shape index (κ1) is 21.4. The molecule has 0 saturated heterocycles. The third kappa shape index (κ3) is 4.27. The molecule has 4 aromatic rings. The topological polar surface area (TPSA) is 52.0 Å². The van der Waals surface area contributed by atoms with Crippen molar-refractivity contribution in [2.24, 2.45) is 0 Å². The zero-order valence-electron chi connectivity index (χ0n) is 18.5. The van der Waals surface area contributed by atoms with Gasteiger partial charge in [0.15, 0.2) is 11.6 Å². The average Bonchev–Trinajstić information content (AvgIpc) is 3.21. The summed E-state index contributed by atoms with van der Waals surface area (Å²) in [5, 5.41) is 9.02. The Labute approximate surface area is 191 Å². The minimum absolute atomic E-state index is 0.133. The van der Waals surface area contributed by atoms with Crippen molar-refractivity contribution in [3.05, 3.63) is 71.9 Å². The lowest BCUT2D eigenvalue weighted by Gasteiger charge is -2.23. The number of methoxy groups -OCH3 is 1. The Morgan fingerprint density at radius 1 is 1.03 bits per heavy atom. The van der Waals surface area contributed by atoms with Crippen molar-refractivity contribution < 1.29 is 13.5 Å². The number of hydrogen-bond acceptors (Lipinski definition) is 4. The van der Waals surface area contributed by atoms with E-state index in [1.165, 1.54) is 25.3 Å². The molecule has 1 aliphatic carbocycles. The van der Waals surface area contributed by atoms with Crippen LogP contribution in [0.2, 0.25) is 0 Å². The van der Waals surface area contributed by atoms with Gasteiger partial charge < -0.3 is 10.1 Å². The summed E-state index contributed by atoms with van der Waals surface area (Å²) in [6.45, 7) is 0.476. The van der Waals surface area contributed by atoms with E-state index in [0.29, 0.717) is 29.5 Å². The van der Waals surface area contributed by atoms with E-state index >= 15 is 0 Å². The zero-order chi connectivity index (χ0) is 22.8. The molecule has 2 heterocycles. The molecule has 0 atom stereocenters. The number of aromatic nitrogens is 3. The van der Waals surface area contributed by atoms with Gasteiger partial charge in [-0.2, -0.15) is 5.10 Å². The van der Waals surface area contributed by atoms with E-state index < -0.39 is 11.6 Å². The van der Waals surface area contributed by atoms with Gasteiger partial charge in [-0.15, -0.1) is 0 Å². The van der Waals surface area contributed by atoms with Gasteiger partial charge >= 0.3 is 0 Å². The largest absolute Gasteiger partial charge is 0.497 e. The van der Waals surface area contributed by atoms with E-state index in [9.17, 15) is 8.78 Å². The number of pyridine rings is 1. The van der Waals surface area contributed by atoms with Crippen LogP contribution >= 0.6 is 0 Å². The van der Waals surface area contributed by atoms with Gasteiger partial charge in [-0.1, -0.05) is 37.5 Å². The van der Waals surface area contributed by atoms with Crippen molar-refractivity contribution >= 4 is 16.7 Å². The van der Waals surface area contributed by atoms with Crippen molar-refractivity contribution in [3.8, 4) is 17.0 Å². The highest BCUT2D eigenvalue weighted by molar-refractivity contribution is 6.01. The summed E-state index contributed by atoms with van der Waals surface area (Å²) >= 11 is 0. The molecular weight excluding hydrogens is 422 g/mol. The second-order valence-corrected chi connectivity index (χ2v) is 8.49. The lowest BCUT2D eigenvalue weighted by atomic mass is 9.95. The van der Waals surface area contributed by atoms with Gasteiger partial charge in [0.25, 0.3) is 0 Å². The maximum Gasteiger partial charge on any atom is 0.168 e. The number of halogens is 2. The number of benzene rings is 2. The van der Waals surface area contributed by atoms with Crippen molar-refractivity contribution in [2.45, 2.75) is 44.7 Å². The van der Waals surface area contributed by atoms with Crippen molar-refractivity contribution in [1.82, 2.24) is 14.8 Å². The number of ether oxygens (including phenoxy) is 1. The minimum Gasteiger partial charge on any atom is -0.497 e. The predicted molar refractivity (Wildman–Crippen MR) is 125 cm³/mol. The third-order valence-corrected chi connectivity index (χ3v) is 6.31. The molecule has 1 fully saturated rings. The summed E-state index contributed by atoms with van der Waals surface area (Å²) in [7, 11) is 1.63. The van der Waals surface area contributed by atoms with Gasteiger partial charge in [-0.25, -0.2) is 13.8 Å². The Kier molecular flexibility index (Phi) is 5.94. The number of nitrogens with one attached hydrogen (secondary N) is 1. The van der Waals surface area contributed by atoms with E-state index in [4.69, 9.17) is 9.84 Å². The summed E-state index contributed by atoms with van der Waals surface area (Å²) in [5.74, 6) is -0.356. The molecular formula is C26H26F2N4O. The molecule has 1 N–H and O–H groups in total. The van der Waals surface area contributed by atoms with Gasteiger partial charge in [-0.05, 0) is 48.7 Å². The molecule has 0 bridgehead atoms. The Balaban J connectivity index is 1.63. The predicted octanol–water partition coefficient (Wildman–Crippen LogP) is 6.18. The molecule has 2 aromatic carbocycles. The standard InChI is InChI=1S/C26H26F2N4O/c1-33-19-12-10-17(11-13-19)16-32-22-14-15-29-26(30-18-6-3-2-4-7-18)23(22)25(31-32)20-8-5-9-21(27)24(20)28/h5,8-15,18H,2-4,6-7,16H2,1H3,(H,29,30). The Morgan fingerprint density at radius 2 is 1.82 bits per heavy atom. The smallest absolute Gasteiger partial charge is 0.168 e. The minimum atomic E-state index is -0.902. The van der Waals surface area contributed by atoms with Gasteiger partial charge in [0.05, 0.1) is 24.6 Å². The van der Waals surface area contributed by atoms with Gasteiger partial charge in [0.1, 0.15) is 17.3 Å². The van der Waals surface area contributed by atoms with Crippen LogP contribution < -0.4 is 10.1 Å². The van der Waals surface area contributed by atoms with Crippen LogP contribution in [-0.4, -0.2) is 27.9 Å². The number of nitrogens with zero attached hydrogens (tertiary/aromatic N) is 3.